The van der Waals surface area contributed by atoms with Gasteiger partial charge in [-0.25, -0.2) is 0 Å². The first-order valence-corrected chi connectivity index (χ1v) is 7.49. The normalized spacial score (nSPS) is 29.9. The van der Waals surface area contributed by atoms with Gasteiger partial charge in [0, 0.05) is 0 Å². The number of aliphatic hydroxyl groups is 1. The van der Waals surface area contributed by atoms with Crippen LogP contribution in [0, 0.1) is 11.8 Å². The highest BCUT2D eigenvalue weighted by atomic mass is 16.3. The molecule has 20 heavy (non-hydrogen) atoms. The highest BCUT2D eigenvalue weighted by Crippen LogP contribution is 2.37. The summed E-state index contributed by atoms with van der Waals surface area (Å²) >= 11 is 0. The van der Waals surface area contributed by atoms with E-state index >= 15 is 0 Å². The lowest BCUT2D eigenvalue weighted by atomic mass is 9.93. The Labute approximate surface area is 119 Å². The SMILES string of the molecule is O=C(N[C@@H](CO)c1ccccc1)C1NCC2CCCC21. The maximum absolute atomic E-state index is 12.4. The van der Waals surface area contributed by atoms with Crippen LogP contribution in [0.5, 0.6) is 0 Å². The second kappa shape index (κ2) is 5.94. The van der Waals surface area contributed by atoms with E-state index < -0.39 is 0 Å². The highest BCUT2D eigenvalue weighted by molar-refractivity contribution is 5.83. The Hall–Kier alpha value is -1.39. The van der Waals surface area contributed by atoms with E-state index in [4.69, 9.17) is 0 Å². The molecule has 108 valence electrons. The maximum atomic E-state index is 12.4. The van der Waals surface area contributed by atoms with Gasteiger partial charge in [-0.1, -0.05) is 36.8 Å². The number of hydrogen-bond donors (Lipinski definition) is 3. The number of carbonyl (C=O) groups is 1. The molecule has 4 heteroatoms. The molecule has 1 aromatic rings. The number of aliphatic hydroxyl groups excluding tert-OH is 1. The number of rotatable bonds is 4. The van der Waals surface area contributed by atoms with Gasteiger partial charge >= 0.3 is 0 Å². The van der Waals surface area contributed by atoms with Gasteiger partial charge < -0.3 is 15.7 Å². The van der Waals surface area contributed by atoms with Crippen molar-refractivity contribution < 1.29 is 9.90 Å². The Bertz CT molecular complexity index is 463. The molecular weight excluding hydrogens is 252 g/mol. The van der Waals surface area contributed by atoms with E-state index in [-0.39, 0.29) is 24.6 Å². The molecule has 4 atom stereocenters. The van der Waals surface area contributed by atoms with Gasteiger partial charge in [-0.3, -0.25) is 4.79 Å². The van der Waals surface area contributed by atoms with Crippen LogP contribution in [-0.2, 0) is 4.79 Å². The molecule has 2 aliphatic rings. The van der Waals surface area contributed by atoms with Gasteiger partial charge in [0.25, 0.3) is 0 Å². The number of benzene rings is 1. The Balaban J connectivity index is 1.66. The zero-order chi connectivity index (χ0) is 13.9. The Morgan fingerprint density at radius 2 is 2.15 bits per heavy atom. The summed E-state index contributed by atoms with van der Waals surface area (Å²) in [5.41, 5.74) is 0.948. The molecule has 2 fully saturated rings. The average molecular weight is 274 g/mol. The zero-order valence-corrected chi connectivity index (χ0v) is 11.6. The van der Waals surface area contributed by atoms with Crippen LogP contribution in [0.25, 0.3) is 0 Å². The van der Waals surface area contributed by atoms with Crippen LogP contribution in [0.1, 0.15) is 30.9 Å². The van der Waals surface area contributed by atoms with Crippen LogP contribution in [0.15, 0.2) is 30.3 Å². The number of fused-ring (bicyclic) bond motifs is 1. The molecule has 0 spiro atoms. The predicted octanol–water partition coefficient (Wildman–Crippen LogP) is 1.22. The van der Waals surface area contributed by atoms with Crippen molar-refractivity contribution in [3.8, 4) is 0 Å². The molecule has 3 rings (SSSR count). The molecule has 1 saturated heterocycles. The van der Waals surface area contributed by atoms with Crippen molar-refractivity contribution in [3.05, 3.63) is 35.9 Å². The summed E-state index contributed by atoms with van der Waals surface area (Å²) in [5.74, 6) is 1.17. The Morgan fingerprint density at radius 3 is 2.90 bits per heavy atom. The molecule has 3 N–H and O–H groups in total. The Kier molecular flexibility index (Phi) is 4.03. The summed E-state index contributed by atoms with van der Waals surface area (Å²) in [6.07, 6.45) is 3.62. The van der Waals surface area contributed by atoms with Crippen LogP contribution < -0.4 is 10.6 Å². The molecule has 1 amide bonds. The van der Waals surface area contributed by atoms with Gasteiger partial charge in [0.15, 0.2) is 0 Å². The fourth-order valence-corrected chi connectivity index (χ4v) is 3.66. The quantitative estimate of drug-likeness (QED) is 0.774. The van der Waals surface area contributed by atoms with Crippen LogP contribution in [-0.4, -0.2) is 30.2 Å². The highest BCUT2D eigenvalue weighted by Gasteiger charge is 2.42. The van der Waals surface area contributed by atoms with Crippen LogP contribution in [0.4, 0.5) is 0 Å². The van der Waals surface area contributed by atoms with Gasteiger partial charge in [-0.15, -0.1) is 0 Å². The van der Waals surface area contributed by atoms with Gasteiger partial charge in [0.05, 0.1) is 18.7 Å². The van der Waals surface area contributed by atoms with Gasteiger partial charge in [0.1, 0.15) is 0 Å². The van der Waals surface area contributed by atoms with Crippen molar-refractivity contribution in [1.29, 1.82) is 0 Å². The van der Waals surface area contributed by atoms with Crippen molar-refractivity contribution in [2.75, 3.05) is 13.2 Å². The summed E-state index contributed by atoms with van der Waals surface area (Å²) < 4.78 is 0. The first-order valence-electron chi connectivity index (χ1n) is 7.49. The van der Waals surface area contributed by atoms with Crippen molar-refractivity contribution in [1.82, 2.24) is 10.6 Å². The van der Waals surface area contributed by atoms with E-state index in [0.29, 0.717) is 11.8 Å². The second-order valence-electron chi connectivity index (χ2n) is 5.90. The summed E-state index contributed by atoms with van der Waals surface area (Å²) in [6, 6.07) is 9.24. The minimum atomic E-state index is -0.314. The van der Waals surface area contributed by atoms with Gasteiger partial charge in [-0.2, -0.15) is 0 Å². The minimum absolute atomic E-state index is 0.0299. The number of amides is 1. The predicted molar refractivity (Wildman–Crippen MR) is 77.0 cm³/mol. The molecule has 0 aromatic heterocycles. The Morgan fingerprint density at radius 1 is 1.35 bits per heavy atom. The fourth-order valence-electron chi connectivity index (χ4n) is 3.66. The summed E-state index contributed by atoms with van der Waals surface area (Å²) in [7, 11) is 0. The topological polar surface area (TPSA) is 61.4 Å². The maximum Gasteiger partial charge on any atom is 0.237 e. The van der Waals surface area contributed by atoms with Crippen molar-refractivity contribution >= 4 is 5.91 Å². The summed E-state index contributed by atoms with van der Waals surface area (Å²) in [4.78, 5) is 12.4. The molecular formula is C16H22N2O2. The molecule has 1 aliphatic carbocycles. The summed E-state index contributed by atoms with van der Waals surface area (Å²) in [5, 5.41) is 15.9. The molecule has 0 bridgehead atoms. The number of hydrogen-bond acceptors (Lipinski definition) is 3. The summed E-state index contributed by atoms with van der Waals surface area (Å²) in [6.45, 7) is 0.883. The second-order valence-corrected chi connectivity index (χ2v) is 5.90. The lowest BCUT2D eigenvalue weighted by molar-refractivity contribution is -0.124. The molecule has 0 radical (unpaired) electrons. The molecule has 1 saturated carbocycles. The van der Waals surface area contributed by atoms with E-state index in [1.165, 1.54) is 12.8 Å². The van der Waals surface area contributed by atoms with E-state index in [1.54, 1.807) is 0 Å². The van der Waals surface area contributed by atoms with Crippen molar-refractivity contribution in [2.24, 2.45) is 11.8 Å². The number of nitrogens with one attached hydrogen (secondary N) is 2. The first kappa shape index (κ1) is 13.6. The minimum Gasteiger partial charge on any atom is -0.394 e. The third-order valence-electron chi connectivity index (χ3n) is 4.73. The van der Waals surface area contributed by atoms with Crippen LogP contribution >= 0.6 is 0 Å². The monoisotopic (exact) mass is 274 g/mol. The average Bonchev–Trinajstić information content (AvgIpc) is 3.08. The van der Waals surface area contributed by atoms with Crippen molar-refractivity contribution in [3.63, 3.8) is 0 Å². The third-order valence-corrected chi connectivity index (χ3v) is 4.73. The van der Waals surface area contributed by atoms with E-state index in [0.717, 1.165) is 18.5 Å². The van der Waals surface area contributed by atoms with E-state index in [2.05, 4.69) is 10.6 Å². The molecule has 4 nitrogen and oxygen atoms in total. The standard InChI is InChI=1S/C16H22N2O2/c19-10-14(11-5-2-1-3-6-11)18-16(20)15-13-8-4-7-12(13)9-17-15/h1-3,5-6,12-15,17,19H,4,7-10H2,(H,18,20)/t12?,13?,14-,15?/m0/s1. The largest absolute Gasteiger partial charge is 0.394 e. The first-order chi connectivity index (χ1) is 9.79. The van der Waals surface area contributed by atoms with E-state index in [9.17, 15) is 9.90 Å². The van der Waals surface area contributed by atoms with Crippen LogP contribution in [0.2, 0.25) is 0 Å². The smallest absolute Gasteiger partial charge is 0.237 e. The lowest BCUT2D eigenvalue weighted by Gasteiger charge is -2.22. The van der Waals surface area contributed by atoms with E-state index in [1.807, 2.05) is 30.3 Å². The van der Waals surface area contributed by atoms with Crippen molar-refractivity contribution in [2.45, 2.75) is 31.3 Å². The zero-order valence-electron chi connectivity index (χ0n) is 11.6. The molecule has 1 heterocycles. The van der Waals surface area contributed by atoms with Gasteiger partial charge in [0.2, 0.25) is 5.91 Å². The molecule has 3 unspecified atom stereocenters. The third kappa shape index (κ3) is 2.58. The lowest BCUT2D eigenvalue weighted by Crippen LogP contribution is -2.45. The number of carbonyl (C=O) groups excluding carboxylic acids is 1. The van der Waals surface area contributed by atoms with Crippen LogP contribution in [0.3, 0.4) is 0 Å². The molecule has 1 aromatic carbocycles. The fraction of sp³-hybridized carbons (Fsp3) is 0.562. The molecule has 1 aliphatic heterocycles. The van der Waals surface area contributed by atoms with Gasteiger partial charge in [-0.05, 0) is 36.8 Å².